The molecule has 4 aromatic rings. The lowest BCUT2D eigenvalue weighted by Gasteiger charge is -2.23. The number of halogens is 1. The fraction of sp³-hybridized carbons (Fsp3) is 0.111. The first-order valence-corrected chi connectivity index (χ1v) is 11.4. The molecule has 5 rings (SSSR count). The minimum Gasteiger partial charge on any atom is -0.375 e. The van der Waals surface area contributed by atoms with Crippen LogP contribution in [0.4, 0.5) is 5.69 Å². The van der Waals surface area contributed by atoms with Crippen LogP contribution in [0.1, 0.15) is 27.9 Å². The Morgan fingerprint density at radius 1 is 0.909 bits per heavy atom. The normalized spacial score (nSPS) is 17.3. The van der Waals surface area contributed by atoms with Crippen LogP contribution in [0, 0.1) is 0 Å². The summed E-state index contributed by atoms with van der Waals surface area (Å²) in [6, 6.07) is 25.9. The van der Waals surface area contributed by atoms with Gasteiger partial charge in [-0.25, -0.2) is 0 Å². The number of anilines is 1. The SMILES string of the molecule is O=C(CC1(O)C(=O)N(Cc2ccccc2)c2ccc(Br)cc21)c1ccc(-n2cccc2)cc1. The van der Waals surface area contributed by atoms with Crippen molar-refractivity contribution >= 4 is 33.3 Å². The van der Waals surface area contributed by atoms with E-state index in [1.165, 1.54) is 0 Å². The number of benzene rings is 3. The van der Waals surface area contributed by atoms with Crippen molar-refractivity contribution in [3.63, 3.8) is 0 Å². The molecule has 0 saturated carbocycles. The second-order valence-electron chi connectivity index (χ2n) is 8.14. The molecule has 1 N–H and O–H groups in total. The van der Waals surface area contributed by atoms with Crippen molar-refractivity contribution in [3.05, 3.63) is 118 Å². The first kappa shape index (κ1) is 21.4. The van der Waals surface area contributed by atoms with E-state index in [0.29, 0.717) is 23.4 Å². The summed E-state index contributed by atoms with van der Waals surface area (Å²) in [5, 5.41) is 11.6. The molecule has 0 spiro atoms. The fourth-order valence-electron chi connectivity index (χ4n) is 4.28. The molecule has 33 heavy (non-hydrogen) atoms. The zero-order chi connectivity index (χ0) is 23.0. The predicted molar refractivity (Wildman–Crippen MR) is 130 cm³/mol. The molecule has 0 fully saturated rings. The highest BCUT2D eigenvalue weighted by Crippen LogP contribution is 2.44. The second-order valence-corrected chi connectivity index (χ2v) is 9.05. The number of aromatic nitrogens is 1. The lowest BCUT2D eigenvalue weighted by Crippen LogP contribution is -2.41. The monoisotopic (exact) mass is 500 g/mol. The maximum Gasteiger partial charge on any atom is 0.264 e. The van der Waals surface area contributed by atoms with Crippen molar-refractivity contribution < 1.29 is 14.7 Å². The summed E-state index contributed by atoms with van der Waals surface area (Å²) in [6.45, 7) is 0.316. The first-order chi connectivity index (χ1) is 16.0. The maximum atomic E-state index is 13.5. The summed E-state index contributed by atoms with van der Waals surface area (Å²) >= 11 is 3.43. The number of carbonyl (C=O) groups is 2. The summed E-state index contributed by atoms with van der Waals surface area (Å²) in [6.07, 6.45) is 3.52. The van der Waals surface area contributed by atoms with Gasteiger partial charge >= 0.3 is 0 Å². The van der Waals surface area contributed by atoms with Gasteiger partial charge in [-0.05, 0) is 60.2 Å². The van der Waals surface area contributed by atoms with E-state index in [1.54, 1.807) is 29.2 Å². The molecule has 1 unspecified atom stereocenters. The molecule has 0 saturated heterocycles. The largest absolute Gasteiger partial charge is 0.375 e. The van der Waals surface area contributed by atoms with Gasteiger partial charge < -0.3 is 14.6 Å². The minimum atomic E-state index is -1.93. The highest BCUT2D eigenvalue weighted by molar-refractivity contribution is 9.10. The first-order valence-electron chi connectivity index (χ1n) is 10.6. The summed E-state index contributed by atoms with van der Waals surface area (Å²) in [5.74, 6) is -0.783. The Labute approximate surface area is 200 Å². The molecule has 1 aliphatic heterocycles. The van der Waals surface area contributed by atoms with Gasteiger partial charge in [-0.15, -0.1) is 0 Å². The van der Waals surface area contributed by atoms with E-state index in [4.69, 9.17) is 0 Å². The van der Waals surface area contributed by atoms with E-state index in [-0.39, 0.29) is 12.2 Å². The van der Waals surface area contributed by atoms with Crippen molar-refractivity contribution in [2.24, 2.45) is 0 Å². The maximum absolute atomic E-state index is 13.5. The van der Waals surface area contributed by atoms with Crippen molar-refractivity contribution in [2.45, 2.75) is 18.6 Å². The molecule has 1 amide bonds. The number of ketones is 1. The Kier molecular flexibility index (Phi) is 5.48. The Hall–Kier alpha value is -3.48. The molecular weight excluding hydrogens is 480 g/mol. The third-order valence-corrected chi connectivity index (χ3v) is 6.48. The van der Waals surface area contributed by atoms with Gasteiger partial charge in [-0.3, -0.25) is 9.59 Å². The van der Waals surface area contributed by atoms with E-state index >= 15 is 0 Å². The van der Waals surface area contributed by atoms with E-state index in [1.807, 2.05) is 77.6 Å². The third kappa shape index (κ3) is 3.92. The van der Waals surface area contributed by atoms with Crippen molar-refractivity contribution in [2.75, 3.05) is 4.90 Å². The Bertz CT molecular complexity index is 1320. The van der Waals surface area contributed by atoms with Crippen LogP contribution in [0.25, 0.3) is 5.69 Å². The number of rotatable bonds is 6. The fourth-order valence-corrected chi connectivity index (χ4v) is 4.64. The number of carbonyl (C=O) groups excluding carboxylic acids is 2. The van der Waals surface area contributed by atoms with E-state index < -0.39 is 11.5 Å². The van der Waals surface area contributed by atoms with Crippen LogP contribution in [-0.4, -0.2) is 21.4 Å². The number of fused-ring (bicyclic) bond motifs is 1. The number of Topliss-reactive ketones (excluding diaryl/α,β-unsaturated/α-hetero) is 1. The summed E-state index contributed by atoms with van der Waals surface area (Å²) in [7, 11) is 0. The van der Waals surface area contributed by atoms with Crippen LogP contribution < -0.4 is 4.90 Å². The van der Waals surface area contributed by atoms with Gasteiger partial charge in [0.2, 0.25) is 0 Å². The van der Waals surface area contributed by atoms with Gasteiger partial charge in [0.05, 0.1) is 18.7 Å². The Morgan fingerprint density at radius 2 is 1.61 bits per heavy atom. The van der Waals surface area contributed by atoms with Crippen LogP contribution in [-0.2, 0) is 16.9 Å². The van der Waals surface area contributed by atoms with Crippen LogP contribution in [0.2, 0.25) is 0 Å². The molecule has 0 aliphatic carbocycles. The number of hydrogen-bond acceptors (Lipinski definition) is 3. The molecule has 5 nitrogen and oxygen atoms in total. The van der Waals surface area contributed by atoms with Crippen LogP contribution in [0.3, 0.4) is 0 Å². The molecule has 2 heterocycles. The van der Waals surface area contributed by atoms with Gasteiger partial charge in [-0.1, -0.05) is 46.3 Å². The predicted octanol–water partition coefficient (Wildman–Crippen LogP) is 5.25. The molecule has 1 aromatic heterocycles. The third-order valence-electron chi connectivity index (χ3n) is 5.99. The zero-order valence-corrected chi connectivity index (χ0v) is 19.3. The summed E-state index contributed by atoms with van der Waals surface area (Å²) < 4.78 is 2.68. The van der Waals surface area contributed by atoms with Crippen molar-refractivity contribution in [3.8, 4) is 5.69 Å². The summed E-state index contributed by atoms with van der Waals surface area (Å²) in [5.41, 5.74) is 1.45. The molecule has 164 valence electrons. The van der Waals surface area contributed by atoms with Gasteiger partial charge in [-0.2, -0.15) is 0 Å². The van der Waals surface area contributed by atoms with Gasteiger partial charge in [0.15, 0.2) is 11.4 Å². The average Bonchev–Trinajstić information content (AvgIpc) is 3.43. The number of nitrogens with zero attached hydrogens (tertiary/aromatic N) is 2. The Balaban J connectivity index is 1.45. The lowest BCUT2D eigenvalue weighted by molar-refractivity contribution is -0.136. The van der Waals surface area contributed by atoms with E-state index in [2.05, 4.69) is 15.9 Å². The van der Waals surface area contributed by atoms with Gasteiger partial charge in [0.25, 0.3) is 5.91 Å². The topological polar surface area (TPSA) is 62.5 Å². The zero-order valence-electron chi connectivity index (χ0n) is 17.7. The average molecular weight is 501 g/mol. The number of amides is 1. The highest BCUT2D eigenvalue weighted by atomic mass is 79.9. The van der Waals surface area contributed by atoms with E-state index in [0.717, 1.165) is 15.7 Å². The van der Waals surface area contributed by atoms with Gasteiger partial charge in [0, 0.05) is 33.7 Å². The molecule has 0 bridgehead atoms. The standard InChI is InChI=1S/C27H21BrN2O3/c28-21-10-13-24-23(16-21)27(33,26(32)30(24)18-19-6-2-1-3-7-19)17-25(31)20-8-11-22(12-9-20)29-14-4-5-15-29/h1-16,33H,17-18H2. The quantitative estimate of drug-likeness (QED) is 0.368. The number of hydrogen-bond donors (Lipinski definition) is 1. The van der Waals surface area contributed by atoms with Crippen molar-refractivity contribution in [1.29, 1.82) is 0 Å². The minimum absolute atomic E-state index is 0.294. The molecule has 6 heteroatoms. The molecular formula is C27H21BrN2O3. The van der Waals surface area contributed by atoms with E-state index in [9.17, 15) is 14.7 Å². The lowest BCUT2D eigenvalue weighted by atomic mass is 9.88. The second kappa shape index (κ2) is 8.46. The Morgan fingerprint density at radius 3 is 2.30 bits per heavy atom. The van der Waals surface area contributed by atoms with Crippen molar-refractivity contribution in [1.82, 2.24) is 4.57 Å². The highest BCUT2D eigenvalue weighted by Gasteiger charge is 2.51. The van der Waals surface area contributed by atoms with Gasteiger partial charge in [0.1, 0.15) is 0 Å². The summed E-state index contributed by atoms with van der Waals surface area (Å²) in [4.78, 5) is 28.2. The smallest absolute Gasteiger partial charge is 0.264 e. The van der Waals surface area contributed by atoms with Crippen LogP contribution in [0.15, 0.2) is 102 Å². The van der Waals surface area contributed by atoms with Crippen LogP contribution in [0.5, 0.6) is 0 Å². The molecule has 1 aliphatic rings. The molecule has 0 radical (unpaired) electrons. The molecule has 3 aromatic carbocycles. The number of aliphatic hydroxyl groups is 1. The molecule has 1 atom stereocenters. The van der Waals surface area contributed by atoms with Crippen LogP contribution >= 0.6 is 15.9 Å².